The molecule has 1 aliphatic rings. The smallest absolute Gasteiger partial charge is 0.310 e. The van der Waals surface area contributed by atoms with Crippen molar-refractivity contribution in [3.63, 3.8) is 0 Å². The monoisotopic (exact) mass is 358 g/mol. The average molecular weight is 359 g/mol. The molecule has 2 aromatic rings. The van der Waals surface area contributed by atoms with Gasteiger partial charge in [0, 0.05) is 11.8 Å². The summed E-state index contributed by atoms with van der Waals surface area (Å²) in [6, 6.07) is 6.88. The molecule has 0 bridgehead atoms. The lowest BCUT2D eigenvalue weighted by Crippen LogP contribution is -2.13. The van der Waals surface area contributed by atoms with Crippen LogP contribution in [0.2, 0.25) is 5.02 Å². The van der Waals surface area contributed by atoms with Crippen LogP contribution in [-0.4, -0.2) is 16.6 Å². The molecule has 8 heteroatoms. The van der Waals surface area contributed by atoms with E-state index in [-0.39, 0.29) is 23.0 Å². The maximum absolute atomic E-state index is 13.3. The lowest BCUT2D eigenvalue weighted by Gasteiger charge is -2.21. The van der Waals surface area contributed by atoms with E-state index in [0.717, 1.165) is 17.8 Å². The first kappa shape index (κ1) is 16.1. The molecule has 0 fully saturated rings. The number of hydrogen-bond donors (Lipinski definition) is 1. The summed E-state index contributed by atoms with van der Waals surface area (Å²) >= 11 is 7.06. The molecule has 120 valence electrons. The van der Waals surface area contributed by atoms with Gasteiger partial charge in [0.05, 0.1) is 21.6 Å². The number of rotatable bonds is 1. The fraction of sp³-hybridized carbons (Fsp3) is 0.200. The lowest BCUT2D eigenvalue weighted by atomic mass is 9.99. The third kappa shape index (κ3) is 3.30. The molecular formula is C15H10ClF3N2OS. The highest BCUT2D eigenvalue weighted by Gasteiger charge is 2.37. The molecule has 1 N–H and O–H groups in total. The standard InChI is InChI=1S/C15H10ClF3N2OS/c16-8-5-10-13(23-7-12(22)21-14(10)20-6-8)9-3-1-2-4-11(9)15(17,18)19/h1-6,13H,7H2,(H,20,21,22). The Morgan fingerprint density at radius 3 is 2.74 bits per heavy atom. The second-order valence-corrected chi connectivity index (χ2v) is 6.45. The number of carbonyl (C=O) groups excluding carboxylic acids is 1. The molecule has 1 atom stereocenters. The summed E-state index contributed by atoms with van der Waals surface area (Å²) in [5, 5.41) is 2.21. The van der Waals surface area contributed by atoms with E-state index in [1.807, 2.05) is 0 Å². The van der Waals surface area contributed by atoms with Crippen LogP contribution >= 0.6 is 23.4 Å². The Bertz CT molecular complexity index is 767. The zero-order valence-electron chi connectivity index (χ0n) is 11.5. The third-order valence-electron chi connectivity index (χ3n) is 3.35. The van der Waals surface area contributed by atoms with Gasteiger partial charge in [-0.25, -0.2) is 4.98 Å². The van der Waals surface area contributed by atoms with Gasteiger partial charge in [-0.05, 0) is 17.7 Å². The van der Waals surface area contributed by atoms with Gasteiger partial charge in [0.15, 0.2) is 0 Å². The van der Waals surface area contributed by atoms with E-state index in [1.54, 1.807) is 12.1 Å². The second kappa shape index (κ2) is 6.05. The fourth-order valence-corrected chi connectivity index (χ4v) is 3.72. The maximum Gasteiger partial charge on any atom is 0.416 e. The predicted molar refractivity (Wildman–Crippen MR) is 83.6 cm³/mol. The van der Waals surface area contributed by atoms with Crippen molar-refractivity contribution >= 4 is 35.1 Å². The van der Waals surface area contributed by atoms with Crippen molar-refractivity contribution in [2.24, 2.45) is 0 Å². The number of anilines is 1. The molecule has 1 unspecified atom stereocenters. The number of nitrogens with one attached hydrogen (secondary N) is 1. The van der Waals surface area contributed by atoms with Crippen molar-refractivity contribution in [3.05, 3.63) is 58.2 Å². The highest BCUT2D eigenvalue weighted by molar-refractivity contribution is 8.00. The Morgan fingerprint density at radius 1 is 1.26 bits per heavy atom. The number of alkyl halides is 3. The molecule has 1 aliphatic heterocycles. The largest absolute Gasteiger partial charge is 0.416 e. The summed E-state index contributed by atoms with van der Waals surface area (Å²) in [5.74, 6) is -0.0328. The lowest BCUT2D eigenvalue weighted by molar-refractivity contribution is -0.138. The SMILES string of the molecule is O=C1CSC(c2ccccc2C(F)(F)F)c2cc(Cl)cnc2N1. The minimum Gasteiger partial charge on any atom is -0.310 e. The molecule has 1 aromatic heterocycles. The molecular weight excluding hydrogens is 349 g/mol. The van der Waals surface area contributed by atoms with E-state index in [4.69, 9.17) is 11.6 Å². The number of thioether (sulfide) groups is 1. The summed E-state index contributed by atoms with van der Waals surface area (Å²) in [5.41, 5.74) is -0.172. The number of fused-ring (bicyclic) bond motifs is 1. The Hall–Kier alpha value is -1.73. The number of pyridine rings is 1. The van der Waals surface area contributed by atoms with E-state index in [2.05, 4.69) is 10.3 Å². The molecule has 1 amide bonds. The van der Waals surface area contributed by atoms with Gasteiger partial charge >= 0.3 is 6.18 Å². The first-order valence-electron chi connectivity index (χ1n) is 6.59. The molecule has 23 heavy (non-hydrogen) atoms. The molecule has 3 nitrogen and oxygen atoms in total. The molecule has 0 spiro atoms. The van der Waals surface area contributed by atoms with E-state index < -0.39 is 17.0 Å². The third-order valence-corrected chi connectivity index (χ3v) is 4.83. The Kier molecular flexibility index (Phi) is 4.25. The Labute approximate surface area is 139 Å². The van der Waals surface area contributed by atoms with Crippen molar-refractivity contribution in [1.82, 2.24) is 4.98 Å². The molecule has 0 saturated heterocycles. The molecule has 2 heterocycles. The predicted octanol–water partition coefficient (Wildman–Crippen LogP) is 4.53. The minimum atomic E-state index is -4.48. The topological polar surface area (TPSA) is 42.0 Å². The van der Waals surface area contributed by atoms with E-state index >= 15 is 0 Å². The van der Waals surface area contributed by atoms with Crippen LogP contribution in [0.1, 0.15) is 21.9 Å². The normalized spacial score (nSPS) is 18.1. The zero-order chi connectivity index (χ0) is 16.6. The van der Waals surface area contributed by atoms with Crippen molar-refractivity contribution in [2.45, 2.75) is 11.4 Å². The van der Waals surface area contributed by atoms with Crippen LogP contribution in [0, 0.1) is 0 Å². The van der Waals surface area contributed by atoms with Crippen LogP contribution in [0.25, 0.3) is 0 Å². The fourth-order valence-electron chi connectivity index (χ4n) is 2.42. The average Bonchev–Trinajstić information content (AvgIpc) is 2.65. The van der Waals surface area contributed by atoms with Gasteiger partial charge in [-0.2, -0.15) is 13.2 Å². The van der Waals surface area contributed by atoms with Crippen molar-refractivity contribution in [2.75, 3.05) is 11.1 Å². The number of halogens is 4. The van der Waals surface area contributed by atoms with E-state index in [9.17, 15) is 18.0 Å². The summed E-state index contributed by atoms with van der Waals surface area (Å²) < 4.78 is 39.9. The number of benzene rings is 1. The minimum absolute atomic E-state index is 0.0326. The first-order chi connectivity index (χ1) is 10.9. The van der Waals surface area contributed by atoms with Gasteiger partial charge < -0.3 is 5.32 Å². The van der Waals surface area contributed by atoms with Crippen LogP contribution in [0.3, 0.4) is 0 Å². The van der Waals surface area contributed by atoms with Gasteiger partial charge in [0.2, 0.25) is 5.91 Å². The van der Waals surface area contributed by atoms with Crippen LogP contribution in [0.4, 0.5) is 19.0 Å². The van der Waals surface area contributed by atoms with Crippen molar-refractivity contribution in [1.29, 1.82) is 0 Å². The van der Waals surface area contributed by atoms with Gasteiger partial charge in [-0.1, -0.05) is 29.8 Å². The molecule has 0 saturated carbocycles. The van der Waals surface area contributed by atoms with Crippen LogP contribution in [0.5, 0.6) is 0 Å². The summed E-state index contributed by atoms with van der Waals surface area (Å²) in [6.07, 6.45) is -3.13. The number of amides is 1. The summed E-state index contributed by atoms with van der Waals surface area (Å²) in [4.78, 5) is 15.8. The second-order valence-electron chi connectivity index (χ2n) is 4.92. The summed E-state index contributed by atoms with van der Waals surface area (Å²) in [7, 11) is 0. The molecule has 0 radical (unpaired) electrons. The van der Waals surface area contributed by atoms with E-state index in [1.165, 1.54) is 18.3 Å². The Morgan fingerprint density at radius 2 is 2.00 bits per heavy atom. The van der Waals surface area contributed by atoms with Crippen LogP contribution in [-0.2, 0) is 11.0 Å². The first-order valence-corrected chi connectivity index (χ1v) is 8.02. The number of nitrogens with zero attached hydrogens (tertiary/aromatic N) is 1. The number of hydrogen-bond acceptors (Lipinski definition) is 3. The molecule has 3 rings (SSSR count). The number of aromatic nitrogens is 1. The van der Waals surface area contributed by atoms with E-state index in [0.29, 0.717) is 10.6 Å². The maximum atomic E-state index is 13.3. The quantitative estimate of drug-likeness (QED) is 0.814. The van der Waals surface area contributed by atoms with Crippen LogP contribution in [0.15, 0.2) is 36.5 Å². The van der Waals surface area contributed by atoms with Gasteiger partial charge in [0.25, 0.3) is 0 Å². The highest BCUT2D eigenvalue weighted by Crippen LogP contribution is 2.45. The van der Waals surface area contributed by atoms with Crippen LogP contribution < -0.4 is 5.32 Å². The van der Waals surface area contributed by atoms with Crippen molar-refractivity contribution in [3.8, 4) is 0 Å². The van der Waals surface area contributed by atoms with Crippen molar-refractivity contribution < 1.29 is 18.0 Å². The highest BCUT2D eigenvalue weighted by atomic mass is 35.5. The van der Waals surface area contributed by atoms with Gasteiger partial charge in [-0.15, -0.1) is 11.8 Å². The number of carbonyl (C=O) groups is 1. The van der Waals surface area contributed by atoms with Gasteiger partial charge in [0.1, 0.15) is 5.82 Å². The Balaban J connectivity index is 2.18. The summed E-state index contributed by atoms with van der Waals surface area (Å²) in [6.45, 7) is 0. The molecule has 1 aromatic carbocycles. The van der Waals surface area contributed by atoms with Gasteiger partial charge in [-0.3, -0.25) is 4.79 Å². The zero-order valence-corrected chi connectivity index (χ0v) is 13.1. The molecule has 0 aliphatic carbocycles.